The monoisotopic (exact) mass is 254 g/mol. The molecule has 1 aromatic carbocycles. The van der Waals surface area contributed by atoms with Gasteiger partial charge in [0, 0.05) is 12.6 Å². The fourth-order valence-corrected chi connectivity index (χ4v) is 1.87. The molecule has 0 N–H and O–H groups in total. The van der Waals surface area contributed by atoms with Crippen molar-refractivity contribution in [3.05, 3.63) is 40.0 Å². The van der Waals surface area contributed by atoms with Gasteiger partial charge in [-0.1, -0.05) is 41.4 Å². The van der Waals surface area contributed by atoms with Crippen molar-refractivity contribution in [1.82, 2.24) is 9.78 Å². The van der Waals surface area contributed by atoms with Crippen LogP contribution in [0.5, 0.6) is 0 Å². The predicted molar refractivity (Wildman–Crippen MR) is 64.1 cm³/mol. The molecule has 0 spiro atoms. The van der Waals surface area contributed by atoms with E-state index in [1.165, 1.54) is 4.68 Å². The third-order valence-corrected chi connectivity index (χ3v) is 3.04. The van der Waals surface area contributed by atoms with Crippen LogP contribution >= 0.6 is 23.2 Å². The molecule has 3 nitrogen and oxygen atoms in total. The van der Waals surface area contributed by atoms with Crippen LogP contribution in [0.4, 0.5) is 0 Å². The van der Waals surface area contributed by atoms with Gasteiger partial charge >= 0.3 is 0 Å². The molecule has 0 radical (unpaired) electrons. The van der Waals surface area contributed by atoms with E-state index in [-0.39, 0.29) is 0 Å². The summed E-state index contributed by atoms with van der Waals surface area (Å²) in [5.41, 5.74) is 1.57. The summed E-state index contributed by atoms with van der Waals surface area (Å²) in [6, 6.07) is 7.19. The number of halogens is 2. The van der Waals surface area contributed by atoms with Crippen LogP contribution < -0.4 is 0 Å². The van der Waals surface area contributed by atoms with Crippen LogP contribution in [-0.4, -0.2) is 16.1 Å². The highest BCUT2D eigenvalue weighted by Gasteiger charge is 2.17. The first kappa shape index (κ1) is 11.2. The molecule has 0 aliphatic heterocycles. The molecule has 0 aliphatic rings. The van der Waals surface area contributed by atoms with E-state index in [9.17, 15) is 4.79 Å². The molecule has 0 amide bonds. The van der Waals surface area contributed by atoms with Crippen molar-refractivity contribution in [3.63, 3.8) is 0 Å². The number of hydrogen-bond acceptors (Lipinski definition) is 2. The summed E-state index contributed by atoms with van der Waals surface area (Å²) in [4.78, 5) is 11.0. The molecule has 0 saturated heterocycles. The zero-order valence-corrected chi connectivity index (χ0v) is 9.96. The molecular formula is C11H8Cl2N2O. The van der Waals surface area contributed by atoms with Crippen LogP contribution in [0.25, 0.3) is 11.3 Å². The Morgan fingerprint density at radius 3 is 2.62 bits per heavy atom. The van der Waals surface area contributed by atoms with Crippen LogP contribution in [-0.2, 0) is 7.05 Å². The molecule has 0 fully saturated rings. The van der Waals surface area contributed by atoms with Gasteiger partial charge in [-0.15, -0.1) is 0 Å². The van der Waals surface area contributed by atoms with E-state index in [0.29, 0.717) is 33.3 Å². The summed E-state index contributed by atoms with van der Waals surface area (Å²) < 4.78 is 1.45. The van der Waals surface area contributed by atoms with Crippen molar-refractivity contribution in [2.24, 2.45) is 7.05 Å². The Balaban J connectivity index is 2.69. The van der Waals surface area contributed by atoms with E-state index < -0.39 is 0 Å². The highest BCUT2D eigenvalue weighted by atomic mass is 35.5. The van der Waals surface area contributed by atoms with Crippen molar-refractivity contribution in [1.29, 1.82) is 0 Å². The third-order valence-electron chi connectivity index (χ3n) is 2.26. The molecule has 1 aromatic heterocycles. The van der Waals surface area contributed by atoms with Crippen LogP contribution in [0.15, 0.2) is 24.3 Å². The summed E-state index contributed by atoms with van der Waals surface area (Å²) in [7, 11) is 1.68. The average Bonchev–Trinajstić information content (AvgIpc) is 2.56. The number of benzene rings is 1. The molecule has 0 saturated carbocycles. The lowest BCUT2D eigenvalue weighted by molar-refractivity contribution is 0.112. The fourth-order valence-electron chi connectivity index (χ4n) is 1.48. The number of carbonyl (C=O) groups is 1. The molecule has 2 rings (SSSR count). The molecule has 0 unspecified atom stereocenters. The quantitative estimate of drug-likeness (QED) is 0.772. The normalized spacial score (nSPS) is 10.4. The summed E-state index contributed by atoms with van der Waals surface area (Å²) in [5.74, 6) is 0. The Morgan fingerprint density at radius 1 is 1.31 bits per heavy atom. The van der Waals surface area contributed by atoms with Gasteiger partial charge in [0.15, 0.2) is 6.29 Å². The molecule has 16 heavy (non-hydrogen) atoms. The molecule has 1 heterocycles. The first-order valence-electron chi connectivity index (χ1n) is 4.57. The topological polar surface area (TPSA) is 34.9 Å². The second-order valence-corrected chi connectivity index (χ2v) is 4.04. The fraction of sp³-hybridized carbons (Fsp3) is 0.0909. The van der Waals surface area contributed by atoms with Gasteiger partial charge in [-0.2, -0.15) is 5.10 Å². The SMILES string of the molecule is Cn1nc(-c2ccccc2Cl)c(C=O)c1Cl. The number of rotatable bonds is 2. The van der Waals surface area contributed by atoms with Gasteiger partial charge in [-0.05, 0) is 6.07 Å². The first-order chi connectivity index (χ1) is 7.65. The van der Waals surface area contributed by atoms with Crippen molar-refractivity contribution in [2.75, 3.05) is 0 Å². The average molecular weight is 255 g/mol. The van der Waals surface area contributed by atoms with Crippen molar-refractivity contribution in [2.45, 2.75) is 0 Å². The predicted octanol–water partition coefficient (Wildman–Crippen LogP) is 3.21. The number of nitrogens with zero attached hydrogens (tertiary/aromatic N) is 2. The number of aromatic nitrogens is 2. The van der Waals surface area contributed by atoms with Crippen LogP contribution in [0.2, 0.25) is 10.2 Å². The Kier molecular flexibility index (Phi) is 2.99. The summed E-state index contributed by atoms with van der Waals surface area (Å²) in [6.45, 7) is 0. The molecule has 0 atom stereocenters. The number of hydrogen-bond donors (Lipinski definition) is 0. The minimum Gasteiger partial charge on any atom is -0.298 e. The van der Waals surface area contributed by atoms with Crippen LogP contribution in [0, 0.1) is 0 Å². The Bertz CT molecular complexity index is 549. The van der Waals surface area contributed by atoms with Gasteiger partial charge in [0.2, 0.25) is 0 Å². The van der Waals surface area contributed by atoms with Gasteiger partial charge in [0.05, 0.1) is 10.6 Å². The van der Waals surface area contributed by atoms with E-state index in [4.69, 9.17) is 23.2 Å². The van der Waals surface area contributed by atoms with Gasteiger partial charge in [0.1, 0.15) is 10.8 Å². The Labute approximate surface area is 103 Å². The van der Waals surface area contributed by atoms with Crippen molar-refractivity contribution in [3.8, 4) is 11.3 Å². The zero-order chi connectivity index (χ0) is 11.7. The number of aldehydes is 1. The number of aryl methyl sites for hydroxylation is 1. The summed E-state index contributed by atoms with van der Waals surface area (Å²) in [5, 5.41) is 5.03. The van der Waals surface area contributed by atoms with E-state index in [2.05, 4.69) is 5.10 Å². The van der Waals surface area contributed by atoms with E-state index in [1.54, 1.807) is 19.2 Å². The standard InChI is InChI=1S/C11H8Cl2N2O/c1-15-11(13)8(6-16)10(14-15)7-4-2-3-5-9(7)12/h2-6H,1H3. The van der Waals surface area contributed by atoms with Gasteiger partial charge in [-0.3, -0.25) is 9.48 Å². The second kappa shape index (κ2) is 4.28. The van der Waals surface area contributed by atoms with Crippen LogP contribution in [0.3, 0.4) is 0 Å². The maximum atomic E-state index is 11.0. The van der Waals surface area contributed by atoms with Gasteiger partial charge in [-0.25, -0.2) is 0 Å². The lowest BCUT2D eigenvalue weighted by atomic mass is 10.1. The van der Waals surface area contributed by atoms with Gasteiger partial charge in [0.25, 0.3) is 0 Å². The minimum atomic E-state index is 0.310. The third kappa shape index (κ3) is 1.72. The molecule has 82 valence electrons. The van der Waals surface area contributed by atoms with Crippen molar-refractivity contribution >= 4 is 29.5 Å². The highest BCUT2D eigenvalue weighted by molar-refractivity contribution is 6.34. The first-order valence-corrected chi connectivity index (χ1v) is 5.33. The Hall–Kier alpha value is -1.32. The molecule has 0 bridgehead atoms. The lowest BCUT2D eigenvalue weighted by Crippen LogP contribution is -1.89. The summed E-state index contributed by atoms with van der Waals surface area (Å²) >= 11 is 12.0. The van der Waals surface area contributed by atoms with Crippen molar-refractivity contribution < 1.29 is 4.79 Å². The second-order valence-electron chi connectivity index (χ2n) is 3.27. The lowest BCUT2D eigenvalue weighted by Gasteiger charge is -2.00. The maximum absolute atomic E-state index is 11.0. The molecular weight excluding hydrogens is 247 g/mol. The highest BCUT2D eigenvalue weighted by Crippen LogP contribution is 2.31. The van der Waals surface area contributed by atoms with Gasteiger partial charge < -0.3 is 0 Å². The molecule has 5 heteroatoms. The van der Waals surface area contributed by atoms with E-state index in [0.717, 1.165) is 0 Å². The smallest absolute Gasteiger partial charge is 0.155 e. The number of carbonyl (C=O) groups excluding carboxylic acids is 1. The maximum Gasteiger partial charge on any atom is 0.155 e. The minimum absolute atomic E-state index is 0.310. The van der Waals surface area contributed by atoms with E-state index >= 15 is 0 Å². The summed E-state index contributed by atoms with van der Waals surface area (Å²) in [6.07, 6.45) is 0.688. The Morgan fingerprint density at radius 2 is 2.00 bits per heavy atom. The molecule has 2 aromatic rings. The van der Waals surface area contributed by atoms with Crippen LogP contribution in [0.1, 0.15) is 10.4 Å². The molecule has 0 aliphatic carbocycles. The zero-order valence-electron chi connectivity index (χ0n) is 8.45. The van der Waals surface area contributed by atoms with E-state index in [1.807, 2.05) is 12.1 Å². The largest absolute Gasteiger partial charge is 0.298 e.